The Kier molecular flexibility index (Phi) is 9.17. The third kappa shape index (κ3) is 7.73. The summed E-state index contributed by atoms with van der Waals surface area (Å²) in [5.74, 6) is -1.56. The van der Waals surface area contributed by atoms with Crippen molar-refractivity contribution in [2.24, 2.45) is 0 Å². The highest BCUT2D eigenvalue weighted by Crippen LogP contribution is 2.19. The van der Waals surface area contributed by atoms with E-state index in [9.17, 15) is 27.6 Å². The molecule has 1 aromatic heterocycles. The van der Waals surface area contributed by atoms with E-state index in [4.69, 9.17) is 4.74 Å². The van der Waals surface area contributed by atoms with Gasteiger partial charge in [-0.15, -0.1) is 11.3 Å². The van der Waals surface area contributed by atoms with Crippen LogP contribution in [0.5, 0.6) is 0 Å². The summed E-state index contributed by atoms with van der Waals surface area (Å²) in [6.45, 7) is 3.54. The summed E-state index contributed by atoms with van der Waals surface area (Å²) < 4.78 is 28.5. The van der Waals surface area contributed by atoms with E-state index in [0.717, 1.165) is 0 Å². The van der Waals surface area contributed by atoms with Crippen LogP contribution in [0.3, 0.4) is 0 Å². The van der Waals surface area contributed by atoms with E-state index in [-0.39, 0.29) is 49.0 Å². The number of sulfone groups is 1. The Morgan fingerprint density at radius 3 is 2.58 bits per heavy atom. The van der Waals surface area contributed by atoms with Crippen LogP contribution in [0.1, 0.15) is 49.2 Å². The average molecular weight is 473 g/mol. The number of Topliss-reactive ketones (excluding diaryl/α,β-unsaturated/α-hetero) is 1. The Morgan fingerprint density at radius 1 is 1.26 bits per heavy atom. The topological polar surface area (TPSA) is 127 Å². The third-order valence-corrected chi connectivity index (χ3v) is 7.62. The van der Waals surface area contributed by atoms with E-state index in [0.29, 0.717) is 17.8 Å². The Labute approximate surface area is 186 Å². The van der Waals surface area contributed by atoms with Gasteiger partial charge in [0.25, 0.3) is 5.91 Å². The lowest BCUT2D eigenvalue weighted by Gasteiger charge is -2.29. The SMILES string of the molecule is CCN(C(=O)C(C)OC(=O)CCNC(=O)CCC(=O)c1cccs1)C1CCS(=O)(=O)C1. The fraction of sp³-hybridized carbons (Fsp3) is 0.600. The Hall–Kier alpha value is -2.27. The van der Waals surface area contributed by atoms with Gasteiger partial charge in [0.05, 0.1) is 22.8 Å². The second kappa shape index (κ2) is 11.4. The fourth-order valence-electron chi connectivity index (χ4n) is 3.34. The maximum atomic E-state index is 12.6. The number of ketones is 1. The first-order valence-corrected chi connectivity index (χ1v) is 12.9. The first-order chi connectivity index (χ1) is 14.6. The van der Waals surface area contributed by atoms with Gasteiger partial charge in [-0.1, -0.05) is 6.07 Å². The summed E-state index contributed by atoms with van der Waals surface area (Å²) in [4.78, 5) is 50.3. The second-order valence-corrected chi connectivity index (χ2v) is 10.5. The summed E-state index contributed by atoms with van der Waals surface area (Å²) in [6.07, 6.45) is -0.673. The first kappa shape index (κ1) is 25.0. The van der Waals surface area contributed by atoms with Gasteiger partial charge in [0.15, 0.2) is 21.7 Å². The molecular formula is C20H28N2O7S2. The average Bonchev–Trinajstić information content (AvgIpc) is 3.36. The van der Waals surface area contributed by atoms with Gasteiger partial charge >= 0.3 is 5.97 Å². The van der Waals surface area contributed by atoms with Gasteiger partial charge < -0.3 is 15.0 Å². The number of likely N-dealkylation sites (N-methyl/N-ethyl adjacent to an activating group) is 1. The number of ether oxygens (including phenoxy) is 1. The Morgan fingerprint density at radius 2 is 2.00 bits per heavy atom. The van der Waals surface area contributed by atoms with Crippen molar-refractivity contribution in [3.05, 3.63) is 22.4 Å². The molecule has 2 atom stereocenters. The number of amides is 2. The molecule has 2 rings (SSSR count). The number of carbonyl (C=O) groups is 4. The van der Waals surface area contributed by atoms with Gasteiger partial charge in [-0.2, -0.15) is 0 Å². The minimum atomic E-state index is -3.14. The number of rotatable bonds is 11. The molecule has 2 unspecified atom stereocenters. The molecule has 2 heterocycles. The molecule has 0 aromatic carbocycles. The van der Waals surface area contributed by atoms with Gasteiger partial charge in [-0.05, 0) is 31.7 Å². The van der Waals surface area contributed by atoms with Crippen molar-refractivity contribution in [2.75, 3.05) is 24.6 Å². The molecule has 172 valence electrons. The lowest BCUT2D eigenvalue weighted by atomic mass is 10.2. The van der Waals surface area contributed by atoms with E-state index >= 15 is 0 Å². The molecule has 1 N–H and O–H groups in total. The van der Waals surface area contributed by atoms with Crippen molar-refractivity contribution in [3.8, 4) is 0 Å². The van der Waals surface area contributed by atoms with E-state index in [1.54, 1.807) is 24.4 Å². The van der Waals surface area contributed by atoms with E-state index < -0.39 is 33.9 Å². The number of hydrogen-bond acceptors (Lipinski definition) is 8. The standard InChI is InChI=1S/C20H28N2O7S2/c1-3-22(15-9-12-31(27,28)13-15)20(26)14(2)29-19(25)8-10-21-18(24)7-6-16(23)17-5-4-11-30-17/h4-5,11,14-15H,3,6-10,12-13H2,1-2H3,(H,21,24). The van der Waals surface area contributed by atoms with Crippen LogP contribution in [0, 0.1) is 0 Å². The minimum Gasteiger partial charge on any atom is -0.452 e. The molecule has 0 bridgehead atoms. The quantitative estimate of drug-likeness (QED) is 0.378. The van der Waals surface area contributed by atoms with Crippen LogP contribution in [0.2, 0.25) is 0 Å². The normalized spacial score (nSPS) is 18.2. The van der Waals surface area contributed by atoms with Crippen LogP contribution in [0.25, 0.3) is 0 Å². The zero-order chi connectivity index (χ0) is 23.0. The number of nitrogens with zero attached hydrogens (tertiary/aromatic N) is 1. The van der Waals surface area contributed by atoms with Gasteiger partial charge in [-0.3, -0.25) is 19.2 Å². The Balaban J connectivity index is 1.69. The maximum absolute atomic E-state index is 12.6. The highest BCUT2D eigenvalue weighted by atomic mass is 32.2. The summed E-state index contributed by atoms with van der Waals surface area (Å²) in [5, 5.41) is 4.35. The van der Waals surface area contributed by atoms with Crippen molar-refractivity contribution < 1.29 is 32.3 Å². The van der Waals surface area contributed by atoms with Crippen molar-refractivity contribution in [1.29, 1.82) is 0 Å². The minimum absolute atomic E-state index is 0.0242. The molecule has 9 nitrogen and oxygen atoms in total. The molecule has 0 spiro atoms. The predicted octanol–water partition coefficient (Wildman–Crippen LogP) is 1.18. The molecule has 11 heteroatoms. The van der Waals surface area contributed by atoms with E-state index in [1.165, 1.54) is 23.2 Å². The van der Waals surface area contributed by atoms with Crippen LogP contribution in [-0.2, 0) is 29.0 Å². The zero-order valence-electron chi connectivity index (χ0n) is 17.7. The lowest BCUT2D eigenvalue weighted by Crippen LogP contribution is -2.46. The second-order valence-electron chi connectivity index (χ2n) is 7.31. The summed E-state index contributed by atoms with van der Waals surface area (Å²) in [5.41, 5.74) is 0. The van der Waals surface area contributed by atoms with Gasteiger partial charge in [0.1, 0.15) is 0 Å². The molecule has 31 heavy (non-hydrogen) atoms. The smallest absolute Gasteiger partial charge is 0.308 e. The molecule has 1 saturated heterocycles. The number of hydrogen-bond donors (Lipinski definition) is 1. The molecule has 0 radical (unpaired) electrons. The van der Waals surface area contributed by atoms with Crippen LogP contribution in [0.15, 0.2) is 17.5 Å². The highest BCUT2D eigenvalue weighted by Gasteiger charge is 2.36. The van der Waals surface area contributed by atoms with Crippen molar-refractivity contribution in [3.63, 3.8) is 0 Å². The summed E-state index contributed by atoms with van der Waals surface area (Å²) in [6, 6.07) is 3.07. The van der Waals surface area contributed by atoms with Crippen LogP contribution in [0.4, 0.5) is 0 Å². The predicted molar refractivity (Wildman–Crippen MR) is 116 cm³/mol. The first-order valence-electron chi connectivity index (χ1n) is 10.2. The van der Waals surface area contributed by atoms with Crippen molar-refractivity contribution >= 4 is 44.7 Å². The fourth-order valence-corrected chi connectivity index (χ4v) is 5.76. The molecule has 1 aliphatic rings. The molecular weight excluding hydrogens is 444 g/mol. The molecule has 0 aliphatic carbocycles. The van der Waals surface area contributed by atoms with Crippen LogP contribution < -0.4 is 5.32 Å². The third-order valence-electron chi connectivity index (χ3n) is 4.96. The molecule has 1 fully saturated rings. The number of nitrogens with one attached hydrogen (secondary N) is 1. The van der Waals surface area contributed by atoms with Crippen molar-refractivity contribution in [1.82, 2.24) is 10.2 Å². The molecule has 2 amide bonds. The zero-order valence-corrected chi connectivity index (χ0v) is 19.3. The monoisotopic (exact) mass is 472 g/mol. The van der Waals surface area contributed by atoms with Crippen LogP contribution in [-0.4, -0.2) is 73.6 Å². The van der Waals surface area contributed by atoms with E-state index in [2.05, 4.69) is 5.32 Å². The summed E-state index contributed by atoms with van der Waals surface area (Å²) in [7, 11) is -3.14. The molecule has 1 aliphatic heterocycles. The highest BCUT2D eigenvalue weighted by molar-refractivity contribution is 7.91. The van der Waals surface area contributed by atoms with Gasteiger partial charge in [0, 0.05) is 32.0 Å². The summed E-state index contributed by atoms with van der Waals surface area (Å²) >= 11 is 1.32. The Bertz CT molecular complexity index is 897. The number of thiophene rings is 1. The molecule has 1 aromatic rings. The van der Waals surface area contributed by atoms with Crippen molar-refractivity contribution in [2.45, 2.75) is 51.7 Å². The molecule has 0 saturated carbocycles. The van der Waals surface area contributed by atoms with Gasteiger partial charge in [-0.25, -0.2) is 8.42 Å². The van der Waals surface area contributed by atoms with Gasteiger partial charge in [0.2, 0.25) is 5.91 Å². The number of carbonyl (C=O) groups excluding carboxylic acids is 4. The van der Waals surface area contributed by atoms with Crippen LogP contribution >= 0.6 is 11.3 Å². The largest absolute Gasteiger partial charge is 0.452 e. The lowest BCUT2D eigenvalue weighted by molar-refractivity contribution is -0.159. The maximum Gasteiger partial charge on any atom is 0.308 e. The number of esters is 1. The van der Waals surface area contributed by atoms with E-state index in [1.807, 2.05) is 0 Å².